The summed E-state index contributed by atoms with van der Waals surface area (Å²) in [6.07, 6.45) is 6.59. The number of likely N-dealkylation sites (tertiary alicyclic amines) is 1. The first-order valence-electron chi connectivity index (χ1n) is 9.30. The van der Waals surface area contributed by atoms with E-state index in [0.717, 1.165) is 12.5 Å². The highest BCUT2D eigenvalue weighted by Crippen LogP contribution is 2.36. The second-order valence-electron chi connectivity index (χ2n) is 8.30. The summed E-state index contributed by atoms with van der Waals surface area (Å²) in [5.41, 5.74) is 0.963. The lowest BCUT2D eigenvalue weighted by atomic mass is 9.74. The SMILES string of the molecule is CCCNCC(CC)(CC)CN1CCC(C(C)(C)C)CC1. The van der Waals surface area contributed by atoms with Crippen LogP contribution < -0.4 is 5.32 Å². The molecule has 21 heavy (non-hydrogen) atoms. The molecule has 1 aliphatic rings. The Bertz CT molecular complexity index is 268. The molecule has 1 saturated heterocycles. The van der Waals surface area contributed by atoms with Crippen LogP contribution in [-0.2, 0) is 0 Å². The van der Waals surface area contributed by atoms with Crippen molar-refractivity contribution < 1.29 is 0 Å². The third kappa shape index (κ3) is 5.90. The van der Waals surface area contributed by atoms with Crippen molar-refractivity contribution in [2.24, 2.45) is 16.7 Å². The Kier molecular flexibility index (Phi) is 7.70. The van der Waals surface area contributed by atoms with Crippen LogP contribution in [-0.4, -0.2) is 37.6 Å². The monoisotopic (exact) mass is 296 g/mol. The summed E-state index contributed by atoms with van der Waals surface area (Å²) in [6.45, 7) is 20.5. The fourth-order valence-corrected chi connectivity index (χ4v) is 3.74. The molecule has 0 aromatic heterocycles. The zero-order valence-corrected chi connectivity index (χ0v) is 15.6. The van der Waals surface area contributed by atoms with Gasteiger partial charge in [-0.2, -0.15) is 0 Å². The molecule has 2 heteroatoms. The standard InChI is InChI=1S/C19H40N2/c1-7-12-20-15-19(8-2,9-3)16-21-13-10-17(11-14-21)18(4,5)6/h17,20H,7-16H2,1-6H3. The lowest BCUT2D eigenvalue weighted by Crippen LogP contribution is -2.47. The Hall–Kier alpha value is -0.0800. The van der Waals surface area contributed by atoms with Crippen LogP contribution in [0.3, 0.4) is 0 Å². The van der Waals surface area contributed by atoms with Crippen LogP contribution in [0.15, 0.2) is 0 Å². The minimum atomic E-state index is 0.476. The van der Waals surface area contributed by atoms with Gasteiger partial charge < -0.3 is 10.2 Å². The van der Waals surface area contributed by atoms with Gasteiger partial charge in [-0.25, -0.2) is 0 Å². The third-order valence-electron chi connectivity index (χ3n) is 5.80. The van der Waals surface area contributed by atoms with E-state index in [1.54, 1.807) is 0 Å². The van der Waals surface area contributed by atoms with Gasteiger partial charge in [0.15, 0.2) is 0 Å². The molecule has 1 rings (SSSR count). The number of nitrogens with zero attached hydrogens (tertiary/aromatic N) is 1. The zero-order valence-electron chi connectivity index (χ0n) is 15.6. The molecule has 1 heterocycles. The summed E-state index contributed by atoms with van der Waals surface area (Å²) in [6, 6.07) is 0. The van der Waals surface area contributed by atoms with Crippen LogP contribution in [0.25, 0.3) is 0 Å². The highest BCUT2D eigenvalue weighted by atomic mass is 15.1. The molecule has 0 unspecified atom stereocenters. The lowest BCUT2D eigenvalue weighted by molar-refractivity contribution is 0.0693. The summed E-state index contributed by atoms with van der Waals surface area (Å²) in [7, 11) is 0. The predicted molar refractivity (Wildman–Crippen MR) is 94.8 cm³/mol. The second-order valence-corrected chi connectivity index (χ2v) is 8.30. The molecule has 0 amide bonds. The predicted octanol–water partition coefficient (Wildman–Crippen LogP) is 4.55. The Morgan fingerprint density at radius 3 is 2.00 bits per heavy atom. The van der Waals surface area contributed by atoms with Crippen LogP contribution in [0, 0.1) is 16.7 Å². The van der Waals surface area contributed by atoms with Gasteiger partial charge in [-0.15, -0.1) is 0 Å². The molecule has 0 aromatic carbocycles. The minimum Gasteiger partial charge on any atom is -0.316 e. The number of hydrogen-bond donors (Lipinski definition) is 1. The molecular weight excluding hydrogens is 256 g/mol. The average Bonchev–Trinajstić information content (AvgIpc) is 2.46. The number of hydrogen-bond acceptors (Lipinski definition) is 2. The van der Waals surface area contributed by atoms with Crippen molar-refractivity contribution in [1.29, 1.82) is 0 Å². The Labute approximate surface area is 134 Å². The Balaban J connectivity index is 2.49. The molecule has 0 spiro atoms. The Morgan fingerprint density at radius 2 is 1.57 bits per heavy atom. The summed E-state index contributed by atoms with van der Waals surface area (Å²) in [5.74, 6) is 0.907. The first-order chi connectivity index (χ1) is 9.87. The second kappa shape index (κ2) is 8.53. The van der Waals surface area contributed by atoms with E-state index in [-0.39, 0.29) is 0 Å². The highest BCUT2D eigenvalue weighted by Gasteiger charge is 2.33. The summed E-state index contributed by atoms with van der Waals surface area (Å²) in [5, 5.41) is 3.67. The van der Waals surface area contributed by atoms with E-state index in [1.165, 1.54) is 58.3 Å². The van der Waals surface area contributed by atoms with Gasteiger partial charge in [-0.05, 0) is 68.5 Å². The molecule has 0 aromatic rings. The van der Waals surface area contributed by atoms with Crippen molar-refractivity contribution in [1.82, 2.24) is 10.2 Å². The highest BCUT2D eigenvalue weighted by molar-refractivity contribution is 4.87. The smallest absolute Gasteiger partial charge is 0.00499 e. The van der Waals surface area contributed by atoms with Gasteiger partial charge in [0.1, 0.15) is 0 Å². The van der Waals surface area contributed by atoms with Crippen LogP contribution in [0.4, 0.5) is 0 Å². The Morgan fingerprint density at radius 1 is 1.00 bits per heavy atom. The van der Waals surface area contributed by atoms with E-state index < -0.39 is 0 Å². The van der Waals surface area contributed by atoms with E-state index in [9.17, 15) is 0 Å². The topological polar surface area (TPSA) is 15.3 Å². The normalized spacial score (nSPS) is 19.1. The van der Waals surface area contributed by atoms with E-state index in [0.29, 0.717) is 10.8 Å². The molecule has 0 radical (unpaired) electrons. The molecule has 0 saturated carbocycles. The van der Waals surface area contributed by atoms with E-state index >= 15 is 0 Å². The number of piperidine rings is 1. The number of rotatable bonds is 8. The average molecular weight is 297 g/mol. The fourth-order valence-electron chi connectivity index (χ4n) is 3.74. The summed E-state index contributed by atoms with van der Waals surface area (Å²) >= 11 is 0. The van der Waals surface area contributed by atoms with Crippen molar-refractivity contribution in [3.63, 3.8) is 0 Å². The lowest BCUT2D eigenvalue weighted by Gasteiger charge is -2.43. The molecule has 1 aliphatic heterocycles. The number of nitrogens with one attached hydrogen (secondary N) is 1. The molecule has 1 N–H and O–H groups in total. The zero-order chi connectivity index (χ0) is 15.9. The minimum absolute atomic E-state index is 0.476. The van der Waals surface area contributed by atoms with Crippen LogP contribution >= 0.6 is 0 Å². The molecule has 1 fully saturated rings. The maximum Gasteiger partial charge on any atom is 0.00499 e. The van der Waals surface area contributed by atoms with Gasteiger partial charge in [-0.1, -0.05) is 41.5 Å². The van der Waals surface area contributed by atoms with Crippen molar-refractivity contribution in [2.75, 3.05) is 32.7 Å². The van der Waals surface area contributed by atoms with Crippen molar-refractivity contribution >= 4 is 0 Å². The largest absolute Gasteiger partial charge is 0.316 e. The summed E-state index contributed by atoms with van der Waals surface area (Å²) < 4.78 is 0. The van der Waals surface area contributed by atoms with Gasteiger partial charge in [0.2, 0.25) is 0 Å². The maximum absolute atomic E-state index is 3.67. The molecule has 0 atom stereocenters. The van der Waals surface area contributed by atoms with Crippen LogP contribution in [0.1, 0.15) is 73.6 Å². The van der Waals surface area contributed by atoms with Gasteiger partial charge >= 0.3 is 0 Å². The molecule has 2 nitrogen and oxygen atoms in total. The first kappa shape index (κ1) is 19.0. The quantitative estimate of drug-likeness (QED) is 0.661. The molecule has 0 aliphatic carbocycles. The van der Waals surface area contributed by atoms with Gasteiger partial charge in [0.25, 0.3) is 0 Å². The van der Waals surface area contributed by atoms with E-state index in [1.807, 2.05) is 0 Å². The van der Waals surface area contributed by atoms with E-state index in [2.05, 4.69) is 51.8 Å². The third-order valence-corrected chi connectivity index (χ3v) is 5.80. The van der Waals surface area contributed by atoms with Gasteiger partial charge in [0, 0.05) is 13.1 Å². The van der Waals surface area contributed by atoms with E-state index in [4.69, 9.17) is 0 Å². The van der Waals surface area contributed by atoms with Crippen molar-refractivity contribution in [2.45, 2.75) is 73.6 Å². The first-order valence-corrected chi connectivity index (χ1v) is 9.30. The molecule has 0 bridgehead atoms. The summed E-state index contributed by atoms with van der Waals surface area (Å²) in [4.78, 5) is 2.74. The van der Waals surface area contributed by atoms with Crippen LogP contribution in [0.5, 0.6) is 0 Å². The van der Waals surface area contributed by atoms with Crippen LogP contribution in [0.2, 0.25) is 0 Å². The van der Waals surface area contributed by atoms with Gasteiger partial charge in [0.05, 0.1) is 0 Å². The molecule has 126 valence electrons. The van der Waals surface area contributed by atoms with Gasteiger partial charge in [-0.3, -0.25) is 0 Å². The van der Waals surface area contributed by atoms with Crippen molar-refractivity contribution in [3.8, 4) is 0 Å². The fraction of sp³-hybridized carbons (Fsp3) is 1.00. The maximum atomic E-state index is 3.67. The van der Waals surface area contributed by atoms with Crippen molar-refractivity contribution in [3.05, 3.63) is 0 Å². The molecular formula is C19H40N2.